The van der Waals surface area contributed by atoms with Crippen LogP contribution >= 0.6 is 0 Å². The van der Waals surface area contributed by atoms with Gasteiger partial charge in [-0.2, -0.15) is 0 Å². The van der Waals surface area contributed by atoms with Crippen LogP contribution in [0.4, 0.5) is 0 Å². The van der Waals surface area contributed by atoms with Gasteiger partial charge in [0.05, 0.1) is 0 Å². The molecule has 0 bridgehead atoms. The number of rotatable bonds is 0. The molecule has 1 radical (unpaired) electrons. The zero-order valence-electron chi connectivity index (χ0n) is 8.16. The summed E-state index contributed by atoms with van der Waals surface area (Å²) in [4.78, 5) is 12.1. The van der Waals surface area contributed by atoms with E-state index in [1.54, 1.807) is 6.07 Å². The van der Waals surface area contributed by atoms with Crippen LogP contribution in [-0.2, 0) is 6.42 Å². The predicted molar refractivity (Wildman–Crippen MR) is 58.0 cm³/mol. The molecule has 0 aliphatic heterocycles. The summed E-state index contributed by atoms with van der Waals surface area (Å²) >= 11 is 0. The van der Waals surface area contributed by atoms with E-state index in [9.17, 15) is 4.79 Å². The van der Waals surface area contributed by atoms with Crippen LogP contribution < -0.4 is 0 Å². The minimum Gasteiger partial charge on any atom is -0.289 e. The molecule has 0 saturated carbocycles. The first kappa shape index (κ1) is 8.42. The Balaban J connectivity index is 2.24. The first-order chi connectivity index (χ1) is 7.36. The molecule has 1 nitrogen and oxygen atoms in total. The largest absolute Gasteiger partial charge is 0.289 e. The molecular formula is C14H9O. The number of fused-ring (bicyclic) bond motifs is 2. The van der Waals surface area contributed by atoms with Crippen LogP contribution in [0.2, 0.25) is 0 Å². The highest BCUT2D eigenvalue weighted by atomic mass is 16.1. The SMILES string of the molecule is O=C1c2[c]cccc2Cc2ccccc21. The van der Waals surface area contributed by atoms with Crippen molar-refractivity contribution in [3.8, 4) is 0 Å². The van der Waals surface area contributed by atoms with Gasteiger partial charge in [0, 0.05) is 11.1 Å². The molecule has 0 N–H and O–H groups in total. The van der Waals surface area contributed by atoms with Gasteiger partial charge in [0.15, 0.2) is 5.78 Å². The number of hydrogen-bond acceptors (Lipinski definition) is 1. The molecular weight excluding hydrogens is 184 g/mol. The molecule has 0 atom stereocenters. The molecule has 71 valence electrons. The van der Waals surface area contributed by atoms with E-state index < -0.39 is 0 Å². The lowest BCUT2D eigenvalue weighted by atomic mass is 9.85. The maximum Gasteiger partial charge on any atom is 0.194 e. The molecule has 0 spiro atoms. The summed E-state index contributed by atoms with van der Waals surface area (Å²) in [6.07, 6.45) is 0.842. The van der Waals surface area contributed by atoms with E-state index in [1.165, 1.54) is 0 Å². The Bertz CT molecular complexity index is 493. The maximum atomic E-state index is 12.1. The summed E-state index contributed by atoms with van der Waals surface area (Å²) in [5.74, 6) is 0.104. The minimum atomic E-state index is 0.104. The van der Waals surface area contributed by atoms with E-state index in [-0.39, 0.29) is 5.78 Å². The molecule has 2 aromatic carbocycles. The van der Waals surface area contributed by atoms with Gasteiger partial charge in [-0.25, -0.2) is 0 Å². The summed E-state index contributed by atoms with van der Waals surface area (Å²) in [5.41, 5.74) is 3.76. The number of carbonyl (C=O) groups excluding carboxylic acids is 1. The van der Waals surface area contributed by atoms with E-state index in [1.807, 2.05) is 36.4 Å². The van der Waals surface area contributed by atoms with Crippen molar-refractivity contribution < 1.29 is 4.79 Å². The van der Waals surface area contributed by atoms with Crippen LogP contribution in [0.1, 0.15) is 27.0 Å². The molecule has 0 aromatic heterocycles. The van der Waals surface area contributed by atoms with E-state index in [2.05, 4.69) is 6.07 Å². The topological polar surface area (TPSA) is 17.1 Å². The second kappa shape index (κ2) is 3.06. The zero-order valence-corrected chi connectivity index (χ0v) is 8.16. The summed E-state index contributed by atoms with van der Waals surface area (Å²) in [5, 5.41) is 0. The first-order valence-corrected chi connectivity index (χ1v) is 4.98. The molecule has 1 heteroatoms. The Morgan fingerprint density at radius 3 is 2.73 bits per heavy atom. The second-order valence-corrected chi connectivity index (χ2v) is 3.73. The van der Waals surface area contributed by atoms with Crippen LogP contribution in [-0.4, -0.2) is 5.78 Å². The fraction of sp³-hybridized carbons (Fsp3) is 0.0714. The normalized spacial score (nSPS) is 13.2. The van der Waals surface area contributed by atoms with Gasteiger partial charge in [0.1, 0.15) is 0 Å². The lowest BCUT2D eigenvalue weighted by molar-refractivity contribution is 0.103. The van der Waals surface area contributed by atoms with Crippen LogP contribution in [0.5, 0.6) is 0 Å². The van der Waals surface area contributed by atoms with E-state index in [0.717, 1.165) is 28.7 Å². The van der Waals surface area contributed by atoms with Crippen molar-refractivity contribution in [3.63, 3.8) is 0 Å². The third-order valence-electron chi connectivity index (χ3n) is 2.81. The number of hydrogen-bond donors (Lipinski definition) is 0. The fourth-order valence-electron chi connectivity index (χ4n) is 2.07. The minimum absolute atomic E-state index is 0.104. The molecule has 2 aromatic rings. The van der Waals surface area contributed by atoms with Gasteiger partial charge in [-0.15, -0.1) is 0 Å². The van der Waals surface area contributed by atoms with Gasteiger partial charge < -0.3 is 0 Å². The van der Waals surface area contributed by atoms with E-state index >= 15 is 0 Å². The monoisotopic (exact) mass is 193 g/mol. The van der Waals surface area contributed by atoms with Gasteiger partial charge in [0.25, 0.3) is 0 Å². The summed E-state index contributed by atoms with van der Waals surface area (Å²) in [6.45, 7) is 0. The molecule has 3 rings (SSSR count). The maximum absolute atomic E-state index is 12.1. The van der Waals surface area contributed by atoms with Crippen molar-refractivity contribution >= 4 is 5.78 Å². The van der Waals surface area contributed by atoms with E-state index in [4.69, 9.17) is 0 Å². The van der Waals surface area contributed by atoms with Crippen LogP contribution in [0, 0.1) is 6.07 Å². The van der Waals surface area contributed by atoms with Crippen molar-refractivity contribution in [2.24, 2.45) is 0 Å². The van der Waals surface area contributed by atoms with Crippen molar-refractivity contribution in [1.29, 1.82) is 0 Å². The molecule has 0 amide bonds. The lowest BCUT2D eigenvalue weighted by Crippen LogP contribution is -2.14. The Kier molecular flexibility index (Phi) is 1.72. The molecule has 1 aliphatic carbocycles. The molecule has 15 heavy (non-hydrogen) atoms. The number of carbonyl (C=O) groups is 1. The van der Waals surface area contributed by atoms with Crippen molar-refractivity contribution in [2.45, 2.75) is 6.42 Å². The third kappa shape index (κ3) is 1.20. The van der Waals surface area contributed by atoms with Gasteiger partial charge in [-0.05, 0) is 23.6 Å². The summed E-state index contributed by atoms with van der Waals surface area (Å²) in [7, 11) is 0. The predicted octanol–water partition coefficient (Wildman–Crippen LogP) is 2.62. The van der Waals surface area contributed by atoms with Gasteiger partial charge in [-0.3, -0.25) is 4.79 Å². The van der Waals surface area contributed by atoms with E-state index in [0.29, 0.717) is 0 Å². The van der Waals surface area contributed by atoms with Crippen molar-refractivity contribution in [1.82, 2.24) is 0 Å². The average Bonchev–Trinajstić information content (AvgIpc) is 2.30. The lowest BCUT2D eigenvalue weighted by Gasteiger charge is -2.17. The third-order valence-corrected chi connectivity index (χ3v) is 2.81. The van der Waals surface area contributed by atoms with Crippen molar-refractivity contribution in [3.05, 3.63) is 70.8 Å². The highest BCUT2D eigenvalue weighted by Crippen LogP contribution is 2.25. The van der Waals surface area contributed by atoms with Gasteiger partial charge in [0.2, 0.25) is 0 Å². The van der Waals surface area contributed by atoms with Crippen LogP contribution in [0.25, 0.3) is 0 Å². The van der Waals surface area contributed by atoms with Gasteiger partial charge >= 0.3 is 0 Å². The number of ketones is 1. The van der Waals surface area contributed by atoms with Crippen LogP contribution in [0.15, 0.2) is 42.5 Å². The Labute approximate surface area is 88.4 Å². The molecule has 0 saturated heterocycles. The molecule has 1 aliphatic rings. The van der Waals surface area contributed by atoms with Crippen molar-refractivity contribution in [2.75, 3.05) is 0 Å². The smallest absolute Gasteiger partial charge is 0.194 e. The molecule has 0 unspecified atom stereocenters. The van der Waals surface area contributed by atoms with Gasteiger partial charge in [-0.1, -0.05) is 42.5 Å². The Hall–Kier alpha value is -1.89. The highest BCUT2D eigenvalue weighted by molar-refractivity contribution is 6.12. The Morgan fingerprint density at radius 2 is 1.80 bits per heavy atom. The fourth-order valence-corrected chi connectivity index (χ4v) is 2.07. The highest BCUT2D eigenvalue weighted by Gasteiger charge is 2.21. The first-order valence-electron chi connectivity index (χ1n) is 4.98. The molecule has 0 fully saturated rings. The number of benzene rings is 2. The molecule has 0 heterocycles. The Morgan fingerprint density at radius 1 is 1.00 bits per heavy atom. The summed E-state index contributed by atoms with van der Waals surface area (Å²) in [6, 6.07) is 16.5. The quantitative estimate of drug-likeness (QED) is 0.536. The second-order valence-electron chi connectivity index (χ2n) is 3.73. The summed E-state index contributed by atoms with van der Waals surface area (Å²) < 4.78 is 0. The van der Waals surface area contributed by atoms with Crippen LogP contribution in [0.3, 0.4) is 0 Å². The zero-order chi connectivity index (χ0) is 10.3. The standard InChI is InChI=1S/C14H9O/c15-14-12-7-3-1-5-10(12)9-11-6-2-4-8-13(11)14/h1-7H,9H2. The average molecular weight is 193 g/mol.